The smallest absolute Gasteiger partial charge is 0.322 e. The molecule has 7 nitrogen and oxygen atoms in total. The SMILES string of the molecule is CC1CNCCN1CC(=O)Nc1nnc(C2CC2)o1. The topological polar surface area (TPSA) is 83.3 Å². The molecule has 1 aromatic heterocycles. The monoisotopic (exact) mass is 265 g/mol. The molecular formula is C12H19N5O2. The van der Waals surface area contributed by atoms with Gasteiger partial charge in [-0.05, 0) is 19.8 Å². The Kier molecular flexibility index (Phi) is 3.48. The zero-order valence-electron chi connectivity index (χ0n) is 11.1. The molecule has 1 saturated carbocycles. The molecule has 1 aliphatic carbocycles. The van der Waals surface area contributed by atoms with Gasteiger partial charge in [-0.1, -0.05) is 5.10 Å². The zero-order chi connectivity index (χ0) is 13.2. The molecule has 1 atom stereocenters. The van der Waals surface area contributed by atoms with E-state index in [1.807, 2.05) is 0 Å². The average Bonchev–Trinajstić information content (AvgIpc) is 3.14. The summed E-state index contributed by atoms with van der Waals surface area (Å²) in [5, 5.41) is 13.8. The third-order valence-corrected chi connectivity index (χ3v) is 3.60. The Bertz CT molecular complexity index is 457. The molecule has 1 aliphatic heterocycles. The van der Waals surface area contributed by atoms with Crippen LogP contribution < -0.4 is 10.6 Å². The highest BCUT2D eigenvalue weighted by Crippen LogP contribution is 2.39. The molecule has 2 fully saturated rings. The summed E-state index contributed by atoms with van der Waals surface area (Å²) in [4.78, 5) is 14.1. The lowest BCUT2D eigenvalue weighted by Crippen LogP contribution is -2.52. The van der Waals surface area contributed by atoms with Crippen molar-refractivity contribution in [3.05, 3.63) is 5.89 Å². The number of nitrogens with zero attached hydrogens (tertiary/aromatic N) is 3. The van der Waals surface area contributed by atoms with Gasteiger partial charge >= 0.3 is 6.01 Å². The number of piperazine rings is 1. The summed E-state index contributed by atoms with van der Waals surface area (Å²) in [5.41, 5.74) is 0. The highest BCUT2D eigenvalue weighted by atomic mass is 16.4. The molecule has 1 aromatic rings. The van der Waals surface area contributed by atoms with E-state index in [4.69, 9.17) is 4.42 Å². The van der Waals surface area contributed by atoms with Crippen molar-refractivity contribution in [1.82, 2.24) is 20.4 Å². The van der Waals surface area contributed by atoms with Crippen molar-refractivity contribution < 1.29 is 9.21 Å². The van der Waals surface area contributed by atoms with Crippen molar-refractivity contribution in [2.75, 3.05) is 31.5 Å². The van der Waals surface area contributed by atoms with Crippen LogP contribution in [0.2, 0.25) is 0 Å². The highest BCUT2D eigenvalue weighted by molar-refractivity contribution is 5.90. The van der Waals surface area contributed by atoms with E-state index < -0.39 is 0 Å². The number of rotatable bonds is 4. The molecule has 1 unspecified atom stereocenters. The van der Waals surface area contributed by atoms with Crippen LogP contribution in [0.15, 0.2) is 4.42 Å². The summed E-state index contributed by atoms with van der Waals surface area (Å²) >= 11 is 0. The maximum Gasteiger partial charge on any atom is 0.322 e. The van der Waals surface area contributed by atoms with Gasteiger partial charge in [0.2, 0.25) is 11.8 Å². The lowest BCUT2D eigenvalue weighted by atomic mass is 10.2. The predicted octanol–water partition coefficient (Wildman–Crippen LogP) is 0.179. The normalized spacial score (nSPS) is 24.4. The Hall–Kier alpha value is -1.47. The Morgan fingerprint density at radius 3 is 3.11 bits per heavy atom. The molecule has 3 rings (SSSR count). The summed E-state index contributed by atoms with van der Waals surface area (Å²) in [7, 11) is 0. The number of aromatic nitrogens is 2. The van der Waals surface area contributed by atoms with Gasteiger partial charge in [0.05, 0.1) is 6.54 Å². The molecule has 1 amide bonds. The number of hydrogen-bond acceptors (Lipinski definition) is 6. The van der Waals surface area contributed by atoms with Crippen LogP contribution in [0.1, 0.15) is 31.6 Å². The first-order valence-electron chi connectivity index (χ1n) is 6.80. The van der Waals surface area contributed by atoms with E-state index in [-0.39, 0.29) is 11.9 Å². The van der Waals surface area contributed by atoms with Crippen molar-refractivity contribution in [3.63, 3.8) is 0 Å². The summed E-state index contributed by atoms with van der Waals surface area (Å²) in [6.45, 7) is 5.19. The predicted molar refractivity (Wildman–Crippen MR) is 68.8 cm³/mol. The minimum atomic E-state index is -0.0975. The van der Waals surface area contributed by atoms with E-state index in [2.05, 4.69) is 32.7 Å². The molecule has 2 heterocycles. The number of nitrogens with one attached hydrogen (secondary N) is 2. The fraction of sp³-hybridized carbons (Fsp3) is 0.750. The Balaban J connectivity index is 1.52. The van der Waals surface area contributed by atoms with Gasteiger partial charge in [-0.25, -0.2) is 0 Å². The summed E-state index contributed by atoms with van der Waals surface area (Å²) < 4.78 is 5.41. The molecule has 2 N–H and O–H groups in total. The van der Waals surface area contributed by atoms with Gasteiger partial charge in [0.25, 0.3) is 0 Å². The second-order valence-electron chi connectivity index (χ2n) is 5.29. The fourth-order valence-electron chi connectivity index (χ4n) is 2.24. The van der Waals surface area contributed by atoms with E-state index in [9.17, 15) is 4.79 Å². The van der Waals surface area contributed by atoms with Crippen LogP contribution in [0.3, 0.4) is 0 Å². The van der Waals surface area contributed by atoms with Crippen molar-refractivity contribution in [3.8, 4) is 0 Å². The van der Waals surface area contributed by atoms with Crippen LogP contribution in [0.25, 0.3) is 0 Å². The van der Waals surface area contributed by atoms with Gasteiger partial charge in [0, 0.05) is 31.6 Å². The molecular weight excluding hydrogens is 246 g/mol. The maximum absolute atomic E-state index is 11.9. The Morgan fingerprint density at radius 1 is 1.53 bits per heavy atom. The first-order valence-corrected chi connectivity index (χ1v) is 6.80. The fourth-order valence-corrected chi connectivity index (χ4v) is 2.24. The number of amides is 1. The van der Waals surface area contributed by atoms with Gasteiger partial charge in [-0.3, -0.25) is 15.0 Å². The van der Waals surface area contributed by atoms with Crippen LogP contribution in [0.5, 0.6) is 0 Å². The molecule has 0 bridgehead atoms. The van der Waals surface area contributed by atoms with E-state index in [1.54, 1.807) is 0 Å². The second-order valence-corrected chi connectivity index (χ2v) is 5.29. The largest absolute Gasteiger partial charge is 0.408 e. The lowest BCUT2D eigenvalue weighted by molar-refractivity contribution is -0.118. The quantitative estimate of drug-likeness (QED) is 0.808. The van der Waals surface area contributed by atoms with Crippen LogP contribution in [-0.4, -0.2) is 53.2 Å². The van der Waals surface area contributed by atoms with Gasteiger partial charge in [-0.2, -0.15) is 0 Å². The molecule has 2 aliphatic rings. The van der Waals surface area contributed by atoms with Crippen molar-refractivity contribution >= 4 is 11.9 Å². The summed E-state index contributed by atoms with van der Waals surface area (Å²) in [6.07, 6.45) is 2.21. The average molecular weight is 265 g/mol. The molecule has 0 spiro atoms. The molecule has 19 heavy (non-hydrogen) atoms. The van der Waals surface area contributed by atoms with Gasteiger partial charge in [0.15, 0.2) is 0 Å². The van der Waals surface area contributed by atoms with Crippen LogP contribution in [0, 0.1) is 0 Å². The first kappa shape index (κ1) is 12.6. The van der Waals surface area contributed by atoms with Crippen molar-refractivity contribution in [1.29, 1.82) is 0 Å². The Labute approximate surface area is 111 Å². The zero-order valence-corrected chi connectivity index (χ0v) is 11.1. The number of carbonyl (C=O) groups excluding carboxylic acids is 1. The highest BCUT2D eigenvalue weighted by Gasteiger charge is 2.29. The standard InChI is InChI=1S/C12H19N5O2/c1-8-6-13-4-5-17(8)7-10(18)14-12-16-15-11(19-12)9-2-3-9/h8-9,13H,2-7H2,1H3,(H,14,16,18). The third-order valence-electron chi connectivity index (χ3n) is 3.60. The molecule has 0 radical (unpaired) electrons. The lowest BCUT2D eigenvalue weighted by Gasteiger charge is -2.32. The van der Waals surface area contributed by atoms with E-state index in [0.717, 1.165) is 32.5 Å². The Morgan fingerprint density at radius 2 is 2.37 bits per heavy atom. The molecule has 0 aromatic carbocycles. The van der Waals surface area contributed by atoms with Crippen molar-refractivity contribution in [2.24, 2.45) is 0 Å². The minimum absolute atomic E-state index is 0.0975. The van der Waals surface area contributed by atoms with Gasteiger partial charge in [-0.15, -0.1) is 5.10 Å². The van der Waals surface area contributed by atoms with Crippen LogP contribution in [0.4, 0.5) is 6.01 Å². The molecule has 104 valence electrons. The number of hydrogen-bond donors (Lipinski definition) is 2. The van der Waals surface area contributed by atoms with E-state index in [0.29, 0.717) is 24.4 Å². The van der Waals surface area contributed by atoms with Crippen molar-refractivity contribution in [2.45, 2.75) is 31.7 Å². The third kappa shape index (κ3) is 3.10. The van der Waals surface area contributed by atoms with Crippen LogP contribution >= 0.6 is 0 Å². The number of anilines is 1. The first-order chi connectivity index (χ1) is 9.22. The summed E-state index contributed by atoms with van der Waals surface area (Å²) in [5.74, 6) is 0.955. The molecule has 1 saturated heterocycles. The summed E-state index contributed by atoms with van der Waals surface area (Å²) in [6, 6.07) is 0.582. The van der Waals surface area contributed by atoms with E-state index in [1.165, 1.54) is 0 Å². The van der Waals surface area contributed by atoms with Gasteiger partial charge in [0.1, 0.15) is 0 Å². The number of carbonyl (C=O) groups is 1. The maximum atomic E-state index is 11.9. The second kappa shape index (κ2) is 5.26. The minimum Gasteiger partial charge on any atom is -0.408 e. The van der Waals surface area contributed by atoms with E-state index >= 15 is 0 Å². The molecule has 7 heteroatoms. The van der Waals surface area contributed by atoms with Crippen LogP contribution in [-0.2, 0) is 4.79 Å². The van der Waals surface area contributed by atoms with Gasteiger partial charge < -0.3 is 9.73 Å².